The van der Waals surface area contributed by atoms with Gasteiger partial charge in [0.25, 0.3) is 0 Å². The van der Waals surface area contributed by atoms with Gasteiger partial charge >= 0.3 is 0 Å². The molecule has 0 aliphatic carbocycles. The van der Waals surface area contributed by atoms with Gasteiger partial charge in [-0.3, -0.25) is 0 Å². The maximum Gasteiger partial charge on any atom is 0.142 e. The summed E-state index contributed by atoms with van der Waals surface area (Å²) in [5.74, 6) is 3.25. The van der Waals surface area contributed by atoms with Crippen LogP contribution in [0.1, 0.15) is 67.2 Å². The van der Waals surface area contributed by atoms with Crippen LogP contribution in [-0.2, 0) is 0 Å². The van der Waals surface area contributed by atoms with E-state index < -0.39 is 0 Å². The number of unbranched alkanes of at least 4 members (excludes halogenated alkanes) is 2. The van der Waals surface area contributed by atoms with Crippen molar-refractivity contribution in [3.05, 3.63) is 24.3 Å². The molecule has 0 spiro atoms. The largest absolute Gasteiger partial charge is 0.496 e. The highest BCUT2D eigenvalue weighted by Crippen LogP contribution is 2.54. The standard InChI is InChI=1S/C32H48N2O4/c1-9-15-21-37-31-27-23(33(11-3)12-4)17-19-25(35-7)29(27)32(38-22-16-10-2)30-26(36-8)20-18-24(28(30)31)34(13-5)14-6/h17-20H,9-16,21-22H2,1-8H3. The number of nitrogens with zero attached hydrogens (tertiary/aromatic N) is 2. The Bertz CT molecular complexity index is 1100. The summed E-state index contributed by atoms with van der Waals surface area (Å²) in [4.78, 5) is 4.76. The Morgan fingerprint density at radius 3 is 1.21 bits per heavy atom. The number of rotatable bonds is 16. The zero-order valence-electron chi connectivity index (χ0n) is 24.9. The van der Waals surface area contributed by atoms with Crippen molar-refractivity contribution in [2.75, 3.05) is 63.4 Å². The molecule has 3 aromatic carbocycles. The number of hydrogen-bond acceptors (Lipinski definition) is 6. The average molecular weight is 525 g/mol. The lowest BCUT2D eigenvalue weighted by molar-refractivity contribution is 0.309. The molecule has 38 heavy (non-hydrogen) atoms. The monoisotopic (exact) mass is 524 g/mol. The molecule has 210 valence electrons. The fourth-order valence-electron chi connectivity index (χ4n) is 5.23. The number of fused-ring (bicyclic) bond motifs is 2. The highest BCUT2D eigenvalue weighted by molar-refractivity contribution is 6.21. The van der Waals surface area contributed by atoms with Crippen LogP contribution in [0.5, 0.6) is 23.0 Å². The van der Waals surface area contributed by atoms with E-state index in [0.29, 0.717) is 13.2 Å². The van der Waals surface area contributed by atoms with Crippen molar-refractivity contribution in [1.82, 2.24) is 0 Å². The lowest BCUT2D eigenvalue weighted by Gasteiger charge is -2.30. The highest BCUT2D eigenvalue weighted by Gasteiger charge is 2.28. The SMILES string of the molecule is CCCCOc1c2c(OC)ccc(N(CC)CC)c2c(OCCCC)c2c(N(CC)CC)ccc(OC)c12. The van der Waals surface area contributed by atoms with E-state index in [9.17, 15) is 0 Å². The maximum atomic E-state index is 6.79. The Morgan fingerprint density at radius 1 is 0.526 bits per heavy atom. The summed E-state index contributed by atoms with van der Waals surface area (Å²) in [5.41, 5.74) is 2.26. The van der Waals surface area contributed by atoms with Crippen LogP contribution in [0.3, 0.4) is 0 Å². The number of hydrogen-bond donors (Lipinski definition) is 0. The minimum absolute atomic E-state index is 0.619. The second-order valence-electron chi connectivity index (χ2n) is 9.48. The van der Waals surface area contributed by atoms with E-state index in [1.54, 1.807) is 14.2 Å². The predicted octanol–water partition coefficient (Wildman–Crippen LogP) is 8.06. The van der Waals surface area contributed by atoms with Crippen LogP contribution in [0.25, 0.3) is 21.5 Å². The maximum absolute atomic E-state index is 6.79. The first-order chi connectivity index (χ1) is 18.6. The summed E-state index contributed by atoms with van der Waals surface area (Å²) in [6.07, 6.45) is 4.06. The Hall–Kier alpha value is -3.02. The molecule has 3 aromatic rings. The van der Waals surface area contributed by atoms with Crippen LogP contribution in [-0.4, -0.2) is 53.6 Å². The van der Waals surface area contributed by atoms with Crippen LogP contribution < -0.4 is 28.7 Å². The molecule has 0 atom stereocenters. The van der Waals surface area contributed by atoms with Crippen LogP contribution in [0.2, 0.25) is 0 Å². The first-order valence-electron chi connectivity index (χ1n) is 14.5. The molecule has 0 unspecified atom stereocenters. The Kier molecular flexibility index (Phi) is 11.1. The second kappa shape index (κ2) is 14.2. The average Bonchev–Trinajstić information content (AvgIpc) is 2.95. The van der Waals surface area contributed by atoms with Gasteiger partial charge in [-0.15, -0.1) is 0 Å². The zero-order chi connectivity index (χ0) is 27.7. The van der Waals surface area contributed by atoms with Gasteiger partial charge in [-0.2, -0.15) is 0 Å². The van der Waals surface area contributed by atoms with Gasteiger partial charge in [-0.25, -0.2) is 0 Å². The number of benzene rings is 3. The normalized spacial score (nSPS) is 11.2. The molecule has 0 heterocycles. The molecule has 0 N–H and O–H groups in total. The molecule has 0 radical (unpaired) electrons. The van der Waals surface area contributed by atoms with E-state index in [-0.39, 0.29) is 0 Å². The molecule has 0 aliphatic heterocycles. The fraction of sp³-hybridized carbons (Fsp3) is 0.562. The Morgan fingerprint density at radius 2 is 0.895 bits per heavy atom. The molecule has 6 heteroatoms. The van der Waals surface area contributed by atoms with Crippen molar-refractivity contribution in [3.8, 4) is 23.0 Å². The van der Waals surface area contributed by atoms with E-state index in [1.807, 2.05) is 0 Å². The smallest absolute Gasteiger partial charge is 0.142 e. The molecule has 0 bridgehead atoms. The van der Waals surface area contributed by atoms with Gasteiger partial charge in [-0.05, 0) is 64.8 Å². The van der Waals surface area contributed by atoms with E-state index >= 15 is 0 Å². The predicted molar refractivity (Wildman–Crippen MR) is 162 cm³/mol. The molecule has 0 fully saturated rings. The first-order valence-corrected chi connectivity index (χ1v) is 14.5. The van der Waals surface area contributed by atoms with Crippen LogP contribution in [0.4, 0.5) is 11.4 Å². The van der Waals surface area contributed by atoms with Crippen molar-refractivity contribution in [2.45, 2.75) is 67.2 Å². The molecular formula is C32H48N2O4. The minimum atomic E-state index is 0.619. The molecule has 0 saturated heterocycles. The Balaban J connectivity index is 2.66. The number of ether oxygens (including phenoxy) is 4. The minimum Gasteiger partial charge on any atom is -0.496 e. The van der Waals surface area contributed by atoms with E-state index in [0.717, 1.165) is 108 Å². The van der Waals surface area contributed by atoms with E-state index in [1.165, 1.54) is 0 Å². The van der Waals surface area contributed by atoms with Gasteiger partial charge in [0, 0.05) is 37.6 Å². The third kappa shape index (κ3) is 5.69. The topological polar surface area (TPSA) is 43.4 Å². The second-order valence-corrected chi connectivity index (χ2v) is 9.48. The van der Waals surface area contributed by atoms with Gasteiger partial charge in [0.2, 0.25) is 0 Å². The summed E-state index contributed by atoms with van der Waals surface area (Å²) >= 11 is 0. The van der Waals surface area contributed by atoms with Crippen LogP contribution in [0.15, 0.2) is 24.3 Å². The van der Waals surface area contributed by atoms with Crippen molar-refractivity contribution >= 4 is 32.9 Å². The van der Waals surface area contributed by atoms with Crippen molar-refractivity contribution in [2.24, 2.45) is 0 Å². The molecular weight excluding hydrogens is 476 g/mol. The molecule has 0 aromatic heterocycles. The van der Waals surface area contributed by atoms with Gasteiger partial charge < -0.3 is 28.7 Å². The lowest BCUT2D eigenvalue weighted by atomic mass is 9.95. The summed E-state index contributed by atoms with van der Waals surface area (Å²) in [5, 5.41) is 3.98. The first kappa shape index (κ1) is 29.5. The van der Waals surface area contributed by atoms with Gasteiger partial charge in [-0.1, -0.05) is 26.7 Å². The number of methoxy groups -OCH3 is 2. The van der Waals surface area contributed by atoms with Crippen LogP contribution >= 0.6 is 0 Å². The lowest BCUT2D eigenvalue weighted by Crippen LogP contribution is -2.23. The summed E-state index contributed by atoms with van der Waals surface area (Å²) in [7, 11) is 3.46. The Labute approximate surface area is 229 Å². The van der Waals surface area contributed by atoms with E-state index in [2.05, 4.69) is 75.6 Å². The van der Waals surface area contributed by atoms with Gasteiger partial charge in [0.15, 0.2) is 0 Å². The van der Waals surface area contributed by atoms with Crippen molar-refractivity contribution in [1.29, 1.82) is 0 Å². The van der Waals surface area contributed by atoms with Crippen molar-refractivity contribution in [3.63, 3.8) is 0 Å². The van der Waals surface area contributed by atoms with Gasteiger partial charge in [0.05, 0.1) is 49.0 Å². The van der Waals surface area contributed by atoms with Gasteiger partial charge in [0.1, 0.15) is 23.0 Å². The number of anilines is 2. The third-order valence-electron chi connectivity index (χ3n) is 7.34. The summed E-state index contributed by atoms with van der Waals surface area (Å²) < 4.78 is 25.5. The van der Waals surface area contributed by atoms with Crippen molar-refractivity contribution < 1.29 is 18.9 Å². The quantitative estimate of drug-likeness (QED) is 0.139. The fourth-order valence-corrected chi connectivity index (χ4v) is 5.23. The molecule has 0 aliphatic rings. The molecule has 6 nitrogen and oxygen atoms in total. The summed E-state index contributed by atoms with van der Waals surface area (Å²) in [6.45, 7) is 18.0. The zero-order valence-corrected chi connectivity index (χ0v) is 24.9. The summed E-state index contributed by atoms with van der Waals surface area (Å²) in [6, 6.07) is 8.45. The molecule has 0 saturated carbocycles. The van der Waals surface area contributed by atoms with Crippen LogP contribution in [0, 0.1) is 0 Å². The van der Waals surface area contributed by atoms with E-state index in [4.69, 9.17) is 18.9 Å². The third-order valence-corrected chi connectivity index (χ3v) is 7.34. The highest BCUT2D eigenvalue weighted by atomic mass is 16.5. The molecule has 3 rings (SSSR count). The molecule has 0 amide bonds.